The SMILES string of the molecule is COc1ccc(CO[C@H]2C3=C(S[C@H]4[C@@H](O3)O[C@H](COCc3ccccc3)[C@@H](OCc3ccccc3)[C@@H]4OCc3ccccc3)C(=O)O[C@@H]2CO)cc1. The molecule has 272 valence electrons. The number of rotatable bonds is 15. The Morgan fingerprint density at radius 2 is 1.21 bits per heavy atom. The number of esters is 1. The van der Waals surface area contributed by atoms with Gasteiger partial charge in [0, 0.05) is 0 Å². The lowest BCUT2D eigenvalue weighted by Crippen LogP contribution is -2.61. The molecule has 0 amide bonds. The average Bonchev–Trinajstić information content (AvgIpc) is 3.19. The molecule has 7 atom stereocenters. The van der Waals surface area contributed by atoms with Crippen LogP contribution in [0.25, 0.3) is 0 Å². The normalized spacial score (nSPS) is 25.4. The largest absolute Gasteiger partial charge is 0.497 e. The summed E-state index contributed by atoms with van der Waals surface area (Å²) in [5.74, 6) is 0.390. The third-order valence-corrected chi connectivity index (χ3v) is 10.5. The maximum Gasteiger partial charge on any atom is 0.348 e. The van der Waals surface area contributed by atoms with Gasteiger partial charge in [-0.3, -0.25) is 0 Å². The second-order valence-corrected chi connectivity index (χ2v) is 13.9. The van der Waals surface area contributed by atoms with Crippen LogP contribution in [0.3, 0.4) is 0 Å². The van der Waals surface area contributed by atoms with Crippen molar-refractivity contribution in [1.82, 2.24) is 0 Å². The van der Waals surface area contributed by atoms with Gasteiger partial charge >= 0.3 is 5.97 Å². The highest BCUT2D eigenvalue weighted by atomic mass is 32.2. The van der Waals surface area contributed by atoms with Gasteiger partial charge in [0.2, 0.25) is 6.29 Å². The van der Waals surface area contributed by atoms with E-state index >= 15 is 0 Å². The van der Waals surface area contributed by atoms with Gasteiger partial charge in [-0.2, -0.15) is 0 Å². The summed E-state index contributed by atoms with van der Waals surface area (Å²) in [5, 5.41) is 9.75. The minimum absolute atomic E-state index is 0.177. The number of ether oxygens (including phenoxy) is 8. The lowest BCUT2D eigenvalue weighted by molar-refractivity contribution is -0.272. The highest BCUT2D eigenvalue weighted by Gasteiger charge is 2.55. The van der Waals surface area contributed by atoms with E-state index in [1.54, 1.807) is 7.11 Å². The van der Waals surface area contributed by atoms with Gasteiger partial charge in [0.15, 0.2) is 18.0 Å². The van der Waals surface area contributed by atoms with Crippen molar-refractivity contribution in [2.45, 2.75) is 68.5 Å². The van der Waals surface area contributed by atoms with Crippen LogP contribution < -0.4 is 4.74 Å². The van der Waals surface area contributed by atoms with E-state index < -0.39 is 54.6 Å². The molecule has 11 heteroatoms. The molecular formula is C41H42O10S. The van der Waals surface area contributed by atoms with Crippen LogP contribution in [0.4, 0.5) is 0 Å². The third-order valence-electron chi connectivity index (χ3n) is 9.08. The molecule has 4 aromatic rings. The minimum atomic E-state index is -0.970. The molecule has 10 nitrogen and oxygen atoms in total. The molecule has 0 saturated carbocycles. The predicted octanol–water partition coefficient (Wildman–Crippen LogP) is 5.95. The Bertz CT molecular complexity index is 1760. The summed E-state index contributed by atoms with van der Waals surface area (Å²) < 4.78 is 50.2. The predicted molar refractivity (Wildman–Crippen MR) is 193 cm³/mol. The number of aliphatic hydroxyl groups is 1. The van der Waals surface area contributed by atoms with Crippen molar-refractivity contribution < 1.29 is 47.8 Å². The molecule has 3 aliphatic heterocycles. The van der Waals surface area contributed by atoms with E-state index in [4.69, 9.17) is 37.9 Å². The van der Waals surface area contributed by atoms with Crippen LogP contribution >= 0.6 is 11.8 Å². The molecule has 0 radical (unpaired) electrons. The van der Waals surface area contributed by atoms with Crippen molar-refractivity contribution in [3.63, 3.8) is 0 Å². The second kappa shape index (κ2) is 17.5. The van der Waals surface area contributed by atoms with E-state index in [0.29, 0.717) is 19.8 Å². The first-order valence-electron chi connectivity index (χ1n) is 17.3. The Hall–Kier alpha value is -4.20. The number of benzene rings is 4. The maximum absolute atomic E-state index is 13.5. The van der Waals surface area contributed by atoms with Gasteiger partial charge in [0.25, 0.3) is 0 Å². The monoisotopic (exact) mass is 726 g/mol. The van der Waals surface area contributed by atoms with Crippen LogP contribution in [0, 0.1) is 0 Å². The van der Waals surface area contributed by atoms with Crippen molar-refractivity contribution >= 4 is 17.7 Å². The number of hydrogen-bond acceptors (Lipinski definition) is 11. The second-order valence-electron chi connectivity index (χ2n) is 12.7. The summed E-state index contributed by atoms with van der Waals surface area (Å²) in [7, 11) is 1.61. The lowest BCUT2D eigenvalue weighted by atomic mass is 9.99. The van der Waals surface area contributed by atoms with Crippen molar-refractivity contribution in [1.29, 1.82) is 0 Å². The van der Waals surface area contributed by atoms with Gasteiger partial charge in [-0.1, -0.05) is 103 Å². The summed E-state index contributed by atoms with van der Waals surface area (Å²) in [4.78, 5) is 13.7. The van der Waals surface area contributed by atoms with Crippen LogP contribution in [-0.2, 0) is 64.4 Å². The van der Waals surface area contributed by atoms with E-state index in [1.165, 1.54) is 11.8 Å². The molecule has 0 aliphatic carbocycles. The minimum Gasteiger partial charge on any atom is -0.497 e. The number of aliphatic hydroxyl groups excluding tert-OH is 1. The summed E-state index contributed by atoms with van der Waals surface area (Å²) >= 11 is 1.27. The smallest absolute Gasteiger partial charge is 0.348 e. The molecule has 4 aromatic carbocycles. The fourth-order valence-electron chi connectivity index (χ4n) is 6.39. The van der Waals surface area contributed by atoms with Crippen LogP contribution in [0.2, 0.25) is 0 Å². The van der Waals surface area contributed by atoms with Gasteiger partial charge in [-0.05, 0) is 34.4 Å². The van der Waals surface area contributed by atoms with Crippen molar-refractivity contribution in [3.05, 3.63) is 148 Å². The number of carbonyl (C=O) groups excluding carboxylic acids is 1. The van der Waals surface area contributed by atoms with Crippen LogP contribution in [-0.4, -0.2) is 73.5 Å². The molecule has 0 unspecified atom stereocenters. The Morgan fingerprint density at radius 1 is 0.654 bits per heavy atom. The van der Waals surface area contributed by atoms with Crippen LogP contribution in [0.5, 0.6) is 5.75 Å². The van der Waals surface area contributed by atoms with Gasteiger partial charge in [-0.25, -0.2) is 4.79 Å². The zero-order chi connectivity index (χ0) is 35.7. The van der Waals surface area contributed by atoms with Crippen molar-refractivity contribution in [2.24, 2.45) is 0 Å². The highest BCUT2D eigenvalue weighted by molar-refractivity contribution is 8.04. The summed E-state index contributed by atoms with van der Waals surface area (Å²) in [6.45, 7) is 0.916. The standard InChI is InChI=1S/C41H42O10S/c1-44-31-19-17-30(18-20-31)25-46-34-32(21-42)49-40(43)38-37(34)51-41-39(52-38)36(48-24-29-15-9-4-10-16-29)35(47-23-28-13-7-3-8-14-28)33(50-41)26-45-22-27-11-5-2-6-12-27/h2-20,32-36,39,41-42H,21-26H2,1H3/t32-,33-,34-,35-,36+,39-,41-/m1/s1. The Kier molecular flexibility index (Phi) is 12.2. The first-order chi connectivity index (χ1) is 25.6. The molecule has 3 aliphatic rings. The number of hydrogen-bond donors (Lipinski definition) is 1. The van der Waals surface area contributed by atoms with Crippen LogP contribution in [0.15, 0.2) is 126 Å². The van der Waals surface area contributed by atoms with Crippen LogP contribution in [0.1, 0.15) is 22.3 Å². The molecule has 1 saturated heterocycles. The van der Waals surface area contributed by atoms with E-state index in [-0.39, 0.29) is 23.9 Å². The molecule has 0 spiro atoms. The molecule has 1 N–H and O–H groups in total. The zero-order valence-electron chi connectivity index (χ0n) is 28.8. The Morgan fingerprint density at radius 3 is 1.81 bits per heavy atom. The van der Waals surface area contributed by atoms with E-state index in [2.05, 4.69) is 0 Å². The summed E-state index contributed by atoms with van der Waals surface area (Å²) in [6.07, 6.45) is -4.48. The summed E-state index contributed by atoms with van der Waals surface area (Å²) in [6, 6.07) is 37.2. The van der Waals surface area contributed by atoms with Gasteiger partial charge in [0.05, 0.1) is 46.8 Å². The highest BCUT2D eigenvalue weighted by Crippen LogP contribution is 2.47. The molecule has 0 bridgehead atoms. The first-order valence-corrected chi connectivity index (χ1v) is 18.2. The molecule has 0 aromatic heterocycles. The fraction of sp³-hybridized carbons (Fsp3) is 0.341. The molecule has 1 fully saturated rings. The molecule has 3 heterocycles. The van der Waals surface area contributed by atoms with E-state index in [1.807, 2.05) is 115 Å². The summed E-state index contributed by atoms with van der Waals surface area (Å²) in [5.41, 5.74) is 3.88. The molecular weight excluding hydrogens is 685 g/mol. The van der Waals surface area contributed by atoms with Gasteiger partial charge < -0.3 is 43.0 Å². The van der Waals surface area contributed by atoms with Gasteiger partial charge in [-0.15, -0.1) is 11.8 Å². The number of thioether (sulfide) groups is 1. The molecule has 52 heavy (non-hydrogen) atoms. The maximum atomic E-state index is 13.5. The average molecular weight is 727 g/mol. The first kappa shape index (κ1) is 36.2. The fourth-order valence-corrected chi connectivity index (χ4v) is 7.68. The van der Waals surface area contributed by atoms with Crippen molar-refractivity contribution in [2.75, 3.05) is 20.3 Å². The number of methoxy groups -OCH3 is 1. The Labute approximate surface area is 307 Å². The Balaban J connectivity index is 1.18. The quantitative estimate of drug-likeness (QED) is 0.147. The number of carbonyl (C=O) groups is 1. The molecule has 7 rings (SSSR count). The zero-order valence-corrected chi connectivity index (χ0v) is 29.6. The van der Waals surface area contributed by atoms with Crippen molar-refractivity contribution in [3.8, 4) is 5.75 Å². The topological polar surface area (TPSA) is 111 Å². The third kappa shape index (κ3) is 8.70. The van der Waals surface area contributed by atoms with E-state index in [9.17, 15) is 9.90 Å². The number of cyclic esters (lactones) is 1. The van der Waals surface area contributed by atoms with Gasteiger partial charge in [0.1, 0.15) is 34.2 Å². The lowest BCUT2D eigenvalue weighted by Gasteiger charge is -2.49. The number of fused-ring (bicyclic) bond motifs is 1. The van der Waals surface area contributed by atoms with E-state index in [0.717, 1.165) is 28.0 Å².